The first-order chi connectivity index (χ1) is 11.0. The van der Waals surface area contributed by atoms with Gasteiger partial charge in [-0.15, -0.1) is 24.0 Å². The van der Waals surface area contributed by atoms with E-state index in [-0.39, 0.29) is 30.5 Å². The van der Waals surface area contributed by atoms with Gasteiger partial charge in [-0.3, -0.25) is 9.98 Å². The van der Waals surface area contributed by atoms with Crippen molar-refractivity contribution in [2.45, 2.75) is 19.0 Å². The van der Waals surface area contributed by atoms with E-state index in [4.69, 9.17) is 0 Å². The van der Waals surface area contributed by atoms with E-state index in [0.717, 1.165) is 16.5 Å². The van der Waals surface area contributed by atoms with Gasteiger partial charge < -0.3 is 10.6 Å². The normalized spacial score (nSPS) is 11.9. The molecule has 0 saturated carbocycles. The highest BCUT2D eigenvalue weighted by atomic mass is 127. The van der Waals surface area contributed by atoms with Crippen LogP contribution >= 0.6 is 24.0 Å². The summed E-state index contributed by atoms with van der Waals surface area (Å²) in [6.45, 7) is 0.361. The summed E-state index contributed by atoms with van der Waals surface area (Å²) >= 11 is 0. The molecule has 0 fully saturated rings. The van der Waals surface area contributed by atoms with Crippen molar-refractivity contribution in [2.75, 3.05) is 20.1 Å². The minimum absolute atomic E-state index is 0. The van der Waals surface area contributed by atoms with Gasteiger partial charge in [-0.1, -0.05) is 24.3 Å². The second kappa shape index (κ2) is 9.65. The minimum atomic E-state index is -4.17. The zero-order valence-corrected chi connectivity index (χ0v) is 15.6. The molecule has 0 aliphatic rings. The van der Waals surface area contributed by atoms with Crippen LogP contribution in [0.15, 0.2) is 41.5 Å². The molecule has 0 aliphatic carbocycles. The number of hydrogen-bond acceptors (Lipinski definition) is 2. The molecule has 0 spiro atoms. The first kappa shape index (κ1) is 20.5. The Hall–Kier alpha value is -1.58. The summed E-state index contributed by atoms with van der Waals surface area (Å²) in [5.41, 5.74) is 2.03. The SMILES string of the molecule is CN=C(NCCc1cccc2cccnc12)NCCC(F)(F)F.I. The molecule has 2 rings (SSSR count). The lowest BCUT2D eigenvalue weighted by Crippen LogP contribution is -2.39. The number of fused-ring (bicyclic) bond motifs is 1. The zero-order valence-electron chi connectivity index (χ0n) is 13.2. The number of pyridine rings is 1. The number of alkyl halides is 3. The fourth-order valence-corrected chi connectivity index (χ4v) is 2.23. The second-order valence-corrected chi connectivity index (χ2v) is 5.03. The van der Waals surface area contributed by atoms with Crippen molar-refractivity contribution in [1.82, 2.24) is 15.6 Å². The number of guanidine groups is 1. The first-order valence-corrected chi connectivity index (χ1v) is 7.33. The Bertz CT molecular complexity index is 668. The predicted molar refractivity (Wildman–Crippen MR) is 101 cm³/mol. The Morgan fingerprint density at radius 2 is 1.83 bits per heavy atom. The van der Waals surface area contributed by atoms with E-state index in [9.17, 15) is 13.2 Å². The Morgan fingerprint density at radius 1 is 1.12 bits per heavy atom. The lowest BCUT2D eigenvalue weighted by Gasteiger charge is -2.13. The van der Waals surface area contributed by atoms with Crippen LogP contribution in [0.4, 0.5) is 13.2 Å². The van der Waals surface area contributed by atoms with Crippen molar-refractivity contribution < 1.29 is 13.2 Å². The number of benzene rings is 1. The third-order valence-corrected chi connectivity index (χ3v) is 3.33. The zero-order chi connectivity index (χ0) is 16.7. The van der Waals surface area contributed by atoms with Crippen molar-refractivity contribution in [1.29, 1.82) is 0 Å². The van der Waals surface area contributed by atoms with Crippen molar-refractivity contribution in [2.24, 2.45) is 4.99 Å². The van der Waals surface area contributed by atoms with Crippen LogP contribution in [0, 0.1) is 0 Å². The largest absolute Gasteiger partial charge is 0.390 e. The molecule has 0 aliphatic heterocycles. The molecule has 2 N–H and O–H groups in total. The number of nitrogens with zero attached hydrogens (tertiary/aromatic N) is 2. The van der Waals surface area contributed by atoms with Gasteiger partial charge in [0.05, 0.1) is 11.9 Å². The van der Waals surface area contributed by atoms with E-state index in [0.29, 0.717) is 18.9 Å². The maximum Gasteiger partial charge on any atom is 0.390 e. The molecule has 1 heterocycles. The van der Waals surface area contributed by atoms with Crippen molar-refractivity contribution in [3.63, 3.8) is 0 Å². The van der Waals surface area contributed by atoms with E-state index in [1.165, 1.54) is 7.05 Å². The maximum absolute atomic E-state index is 12.1. The Balaban J connectivity index is 0.00000288. The standard InChI is InChI=1S/C16H19F3N4.HI/c1-20-15(23-11-8-16(17,18)19)22-10-7-13-5-2-4-12-6-3-9-21-14(12)13;/h2-6,9H,7-8,10-11H2,1H3,(H2,20,22,23);1H. The van der Waals surface area contributed by atoms with Crippen LogP contribution in [0.1, 0.15) is 12.0 Å². The second-order valence-electron chi connectivity index (χ2n) is 5.03. The van der Waals surface area contributed by atoms with Gasteiger partial charge in [-0.05, 0) is 18.1 Å². The molecular weight excluding hydrogens is 432 g/mol. The Kier molecular flexibility index (Phi) is 8.23. The summed E-state index contributed by atoms with van der Waals surface area (Å²) in [7, 11) is 1.53. The third-order valence-electron chi connectivity index (χ3n) is 3.33. The molecule has 8 heteroatoms. The fourth-order valence-electron chi connectivity index (χ4n) is 2.23. The third kappa shape index (κ3) is 6.50. The van der Waals surface area contributed by atoms with Crippen molar-refractivity contribution in [3.05, 3.63) is 42.1 Å². The van der Waals surface area contributed by atoms with Gasteiger partial charge in [-0.2, -0.15) is 13.2 Å². The van der Waals surface area contributed by atoms with Gasteiger partial charge in [0.25, 0.3) is 0 Å². The number of halogens is 4. The van der Waals surface area contributed by atoms with E-state index >= 15 is 0 Å². The van der Waals surface area contributed by atoms with Crippen molar-refractivity contribution >= 4 is 40.8 Å². The Morgan fingerprint density at radius 3 is 2.54 bits per heavy atom. The Labute approximate surface area is 156 Å². The van der Waals surface area contributed by atoms with Crippen LogP contribution in [0.25, 0.3) is 10.9 Å². The van der Waals surface area contributed by atoms with Gasteiger partial charge >= 0.3 is 6.18 Å². The molecule has 1 aromatic heterocycles. The highest BCUT2D eigenvalue weighted by Crippen LogP contribution is 2.18. The van der Waals surface area contributed by atoms with Gasteiger partial charge in [-0.25, -0.2) is 0 Å². The molecule has 0 unspecified atom stereocenters. The fraction of sp³-hybridized carbons (Fsp3) is 0.375. The smallest absolute Gasteiger partial charge is 0.356 e. The molecule has 0 bridgehead atoms. The summed E-state index contributed by atoms with van der Waals surface area (Å²) in [5, 5.41) is 6.73. The molecule has 2 aromatic rings. The summed E-state index contributed by atoms with van der Waals surface area (Å²) in [5.74, 6) is 0.363. The summed E-state index contributed by atoms with van der Waals surface area (Å²) in [6, 6.07) is 9.84. The van der Waals surface area contributed by atoms with Crippen LogP contribution in [0.3, 0.4) is 0 Å². The molecule has 4 nitrogen and oxygen atoms in total. The average molecular weight is 452 g/mol. The van der Waals surface area contributed by atoms with Crippen LogP contribution < -0.4 is 10.6 Å². The van der Waals surface area contributed by atoms with Crippen LogP contribution in [0.2, 0.25) is 0 Å². The van der Waals surface area contributed by atoms with Gasteiger partial charge in [0.1, 0.15) is 0 Å². The van der Waals surface area contributed by atoms with E-state index in [1.54, 1.807) is 6.20 Å². The molecule has 0 amide bonds. The minimum Gasteiger partial charge on any atom is -0.356 e. The maximum atomic E-state index is 12.1. The number of hydrogen-bond donors (Lipinski definition) is 2. The number of nitrogens with one attached hydrogen (secondary N) is 2. The van der Waals surface area contributed by atoms with Gasteiger partial charge in [0.15, 0.2) is 5.96 Å². The lowest BCUT2D eigenvalue weighted by molar-refractivity contribution is -0.132. The number of rotatable bonds is 5. The lowest BCUT2D eigenvalue weighted by atomic mass is 10.1. The van der Waals surface area contributed by atoms with E-state index in [2.05, 4.69) is 20.6 Å². The van der Waals surface area contributed by atoms with Crippen LogP contribution in [-0.4, -0.2) is 37.3 Å². The summed E-state index contributed by atoms with van der Waals surface area (Å²) < 4.78 is 36.4. The monoisotopic (exact) mass is 452 g/mol. The van der Waals surface area contributed by atoms with Gasteiger partial charge in [0.2, 0.25) is 0 Å². The number of aliphatic imine (C=N–C) groups is 1. The van der Waals surface area contributed by atoms with Gasteiger partial charge in [0, 0.05) is 31.7 Å². The topological polar surface area (TPSA) is 49.3 Å². The molecule has 1 aromatic carbocycles. The van der Waals surface area contributed by atoms with Crippen LogP contribution in [-0.2, 0) is 6.42 Å². The quantitative estimate of drug-likeness (QED) is 0.415. The van der Waals surface area contributed by atoms with Crippen LogP contribution in [0.5, 0.6) is 0 Å². The van der Waals surface area contributed by atoms with E-state index in [1.807, 2.05) is 30.3 Å². The highest BCUT2D eigenvalue weighted by molar-refractivity contribution is 14.0. The molecule has 132 valence electrons. The number of aromatic nitrogens is 1. The molecule has 0 saturated heterocycles. The van der Waals surface area contributed by atoms with Crippen molar-refractivity contribution in [3.8, 4) is 0 Å². The first-order valence-electron chi connectivity index (χ1n) is 7.33. The summed E-state index contributed by atoms with van der Waals surface area (Å²) in [4.78, 5) is 8.29. The molecule has 0 atom stereocenters. The number of para-hydroxylation sites is 1. The highest BCUT2D eigenvalue weighted by Gasteiger charge is 2.26. The molecule has 24 heavy (non-hydrogen) atoms. The summed E-state index contributed by atoms with van der Waals surface area (Å²) in [6.07, 6.45) is -2.60. The van der Waals surface area contributed by atoms with E-state index < -0.39 is 12.6 Å². The molecule has 0 radical (unpaired) electrons. The predicted octanol–water partition coefficient (Wildman–Crippen LogP) is 3.51. The molecular formula is C16H20F3IN4. The average Bonchev–Trinajstić information content (AvgIpc) is 2.52.